The Hall–Kier alpha value is -1.24. The van der Waals surface area contributed by atoms with Gasteiger partial charge >= 0.3 is 0 Å². The molecule has 0 heterocycles. The summed E-state index contributed by atoms with van der Waals surface area (Å²) in [5, 5.41) is 23.4. The number of nitrogens with zero attached hydrogens (tertiary/aromatic N) is 1. The Morgan fingerprint density at radius 3 is 2.75 bits per heavy atom. The van der Waals surface area contributed by atoms with E-state index in [2.05, 4.69) is 18.3 Å². The fourth-order valence-corrected chi connectivity index (χ4v) is 2.99. The lowest BCUT2D eigenvalue weighted by Crippen LogP contribution is -2.40. The van der Waals surface area contributed by atoms with Gasteiger partial charge in [0.2, 0.25) is 0 Å². The molecule has 1 aromatic rings. The quantitative estimate of drug-likeness (QED) is 0.883. The van der Waals surface area contributed by atoms with Crippen LogP contribution in [-0.4, -0.2) is 17.3 Å². The van der Waals surface area contributed by atoms with Crippen LogP contribution < -0.4 is 5.32 Å². The summed E-state index contributed by atoms with van der Waals surface area (Å²) >= 11 is 5.88. The monoisotopic (exact) mass is 292 g/mol. The molecule has 1 saturated carbocycles. The van der Waals surface area contributed by atoms with E-state index in [0.717, 1.165) is 37.3 Å². The van der Waals surface area contributed by atoms with Crippen molar-refractivity contribution < 1.29 is 5.11 Å². The van der Waals surface area contributed by atoms with E-state index >= 15 is 0 Å². The molecule has 4 heteroatoms. The zero-order chi connectivity index (χ0) is 14.6. The molecule has 0 atom stereocenters. The highest BCUT2D eigenvalue weighted by molar-refractivity contribution is 6.30. The van der Waals surface area contributed by atoms with E-state index < -0.39 is 5.60 Å². The number of aliphatic hydroxyl groups is 1. The summed E-state index contributed by atoms with van der Waals surface area (Å²) < 4.78 is 0. The van der Waals surface area contributed by atoms with Crippen LogP contribution in [0, 0.1) is 17.2 Å². The topological polar surface area (TPSA) is 56.0 Å². The highest BCUT2D eigenvalue weighted by Crippen LogP contribution is 2.34. The summed E-state index contributed by atoms with van der Waals surface area (Å²) in [5.41, 5.74) is 0.601. The van der Waals surface area contributed by atoms with Crippen molar-refractivity contribution in [1.29, 1.82) is 5.26 Å². The van der Waals surface area contributed by atoms with Crippen LogP contribution in [0.5, 0.6) is 0 Å². The van der Waals surface area contributed by atoms with Crippen molar-refractivity contribution in [3.63, 3.8) is 0 Å². The molecule has 0 unspecified atom stereocenters. The highest BCUT2D eigenvalue weighted by atomic mass is 35.5. The largest absolute Gasteiger partial charge is 0.388 e. The van der Waals surface area contributed by atoms with E-state index in [9.17, 15) is 5.11 Å². The van der Waals surface area contributed by atoms with Crippen LogP contribution in [0.1, 0.15) is 44.6 Å². The molecule has 0 radical (unpaired) electrons. The Morgan fingerprint density at radius 2 is 2.15 bits per heavy atom. The van der Waals surface area contributed by atoms with Gasteiger partial charge < -0.3 is 10.4 Å². The molecule has 108 valence electrons. The smallest absolute Gasteiger partial charge is 0.101 e. The van der Waals surface area contributed by atoms with E-state index in [1.807, 2.05) is 0 Å². The molecule has 0 amide bonds. The molecule has 20 heavy (non-hydrogen) atoms. The normalized spacial score (nSPS) is 26.0. The molecule has 0 spiro atoms. The number of nitriles is 1. The molecule has 1 aliphatic carbocycles. The van der Waals surface area contributed by atoms with Crippen LogP contribution in [0.15, 0.2) is 18.2 Å². The summed E-state index contributed by atoms with van der Waals surface area (Å²) in [6.45, 7) is 2.69. The number of halogens is 1. The maximum Gasteiger partial charge on any atom is 0.101 e. The first kappa shape index (κ1) is 15.2. The van der Waals surface area contributed by atoms with E-state index in [-0.39, 0.29) is 0 Å². The van der Waals surface area contributed by atoms with Crippen molar-refractivity contribution in [3.8, 4) is 6.07 Å². The Bertz CT molecular complexity index is 502. The fraction of sp³-hybridized carbons (Fsp3) is 0.562. The zero-order valence-electron chi connectivity index (χ0n) is 11.8. The molecule has 0 saturated heterocycles. The maximum atomic E-state index is 10.6. The molecular weight excluding hydrogens is 272 g/mol. The van der Waals surface area contributed by atoms with Gasteiger partial charge in [0.25, 0.3) is 0 Å². The summed E-state index contributed by atoms with van der Waals surface area (Å²) in [6, 6.07) is 7.31. The third kappa shape index (κ3) is 3.65. The van der Waals surface area contributed by atoms with E-state index in [0.29, 0.717) is 17.1 Å². The molecule has 3 nitrogen and oxygen atoms in total. The van der Waals surface area contributed by atoms with Crippen molar-refractivity contribution in [2.45, 2.75) is 44.6 Å². The molecular formula is C16H21ClN2O. The zero-order valence-corrected chi connectivity index (χ0v) is 12.6. The number of benzene rings is 1. The van der Waals surface area contributed by atoms with Gasteiger partial charge in [0.15, 0.2) is 0 Å². The number of anilines is 1. The SMILES string of the molecule is CCC1CCC(O)(CNc2ccc(Cl)cc2C#N)CC1. The Balaban J connectivity index is 1.97. The molecule has 2 rings (SSSR count). The number of hydrogen-bond donors (Lipinski definition) is 2. The van der Waals surface area contributed by atoms with Gasteiger partial charge in [-0.2, -0.15) is 5.26 Å². The van der Waals surface area contributed by atoms with Gasteiger partial charge in [-0.05, 0) is 49.8 Å². The van der Waals surface area contributed by atoms with E-state index in [4.69, 9.17) is 16.9 Å². The summed E-state index contributed by atoms with van der Waals surface area (Å²) in [4.78, 5) is 0. The van der Waals surface area contributed by atoms with Crippen molar-refractivity contribution in [2.75, 3.05) is 11.9 Å². The average Bonchev–Trinajstić information content (AvgIpc) is 2.46. The number of nitrogens with one attached hydrogen (secondary N) is 1. The van der Waals surface area contributed by atoms with Gasteiger partial charge in [-0.1, -0.05) is 24.9 Å². The van der Waals surface area contributed by atoms with Crippen LogP contribution in [0.25, 0.3) is 0 Å². The third-order valence-electron chi connectivity index (χ3n) is 4.32. The predicted octanol–water partition coefficient (Wildman–Crippen LogP) is 3.95. The molecule has 0 bridgehead atoms. The van der Waals surface area contributed by atoms with Crippen LogP contribution in [0.4, 0.5) is 5.69 Å². The minimum absolute atomic E-state index is 0.486. The lowest BCUT2D eigenvalue weighted by Gasteiger charge is -2.36. The third-order valence-corrected chi connectivity index (χ3v) is 4.56. The minimum Gasteiger partial charge on any atom is -0.388 e. The Morgan fingerprint density at radius 1 is 1.45 bits per heavy atom. The second-order valence-corrected chi connectivity index (χ2v) is 6.17. The summed E-state index contributed by atoms with van der Waals surface area (Å²) in [7, 11) is 0. The first-order valence-corrected chi connectivity index (χ1v) is 7.60. The van der Waals surface area contributed by atoms with Crippen LogP contribution in [0.3, 0.4) is 0 Å². The Labute approximate surface area is 125 Å². The van der Waals surface area contributed by atoms with Gasteiger partial charge in [-0.15, -0.1) is 0 Å². The van der Waals surface area contributed by atoms with E-state index in [1.54, 1.807) is 18.2 Å². The molecule has 0 aromatic heterocycles. The van der Waals surface area contributed by atoms with Gasteiger partial charge in [0.1, 0.15) is 6.07 Å². The van der Waals surface area contributed by atoms with Crippen molar-refractivity contribution in [1.82, 2.24) is 0 Å². The summed E-state index contributed by atoms with van der Waals surface area (Å²) in [5.74, 6) is 0.750. The molecule has 1 fully saturated rings. The van der Waals surface area contributed by atoms with Crippen LogP contribution >= 0.6 is 11.6 Å². The number of hydrogen-bond acceptors (Lipinski definition) is 3. The molecule has 1 aliphatic rings. The second kappa shape index (κ2) is 6.47. The first-order chi connectivity index (χ1) is 9.56. The molecule has 0 aliphatic heterocycles. The van der Waals surface area contributed by atoms with Gasteiger partial charge in [0, 0.05) is 11.6 Å². The van der Waals surface area contributed by atoms with E-state index in [1.165, 1.54) is 6.42 Å². The van der Waals surface area contributed by atoms with Crippen molar-refractivity contribution in [2.24, 2.45) is 5.92 Å². The lowest BCUT2D eigenvalue weighted by molar-refractivity contribution is 0.00229. The van der Waals surface area contributed by atoms with Gasteiger partial charge in [-0.25, -0.2) is 0 Å². The second-order valence-electron chi connectivity index (χ2n) is 5.73. The first-order valence-electron chi connectivity index (χ1n) is 7.22. The van der Waals surface area contributed by atoms with Crippen LogP contribution in [-0.2, 0) is 0 Å². The van der Waals surface area contributed by atoms with Gasteiger partial charge in [0.05, 0.1) is 16.9 Å². The van der Waals surface area contributed by atoms with Gasteiger partial charge in [-0.3, -0.25) is 0 Å². The Kier molecular flexibility index (Phi) is 4.91. The summed E-state index contributed by atoms with van der Waals surface area (Å²) in [6.07, 6.45) is 5.02. The minimum atomic E-state index is -0.655. The lowest BCUT2D eigenvalue weighted by atomic mass is 9.78. The number of rotatable bonds is 4. The molecule has 2 N–H and O–H groups in total. The van der Waals surface area contributed by atoms with Crippen molar-refractivity contribution in [3.05, 3.63) is 28.8 Å². The average molecular weight is 293 g/mol. The fourth-order valence-electron chi connectivity index (χ4n) is 2.82. The molecule has 1 aromatic carbocycles. The van der Waals surface area contributed by atoms with Crippen molar-refractivity contribution >= 4 is 17.3 Å². The maximum absolute atomic E-state index is 10.6. The predicted molar refractivity (Wildman–Crippen MR) is 81.9 cm³/mol. The van der Waals surface area contributed by atoms with Crippen LogP contribution in [0.2, 0.25) is 5.02 Å². The standard InChI is InChI=1S/C16H21ClN2O/c1-2-12-5-7-16(20,8-6-12)11-19-15-4-3-14(17)9-13(15)10-18/h3-4,9,12,19-20H,2,5-8,11H2,1H3. The highest BCUT2D eigenvalue weighted by Gasteiger charge is 2.32.